The molecule has 1 atom stereocenters. The van der Waals surface area contributed by atoms with Gasteiger partial charge in [0.1, 0.15) is 11.4 Å². The monoisotopic (exact) mass is 416 g/mol. The van der Waals surface area contributed by atoms with Gasteiger partial charge >= 0.3 is 12.1 Å². The van der Waals surface area contributed by atoms with Crippen molar-refractivity contribution >= 4 is 23.7 Å². The summed E-state index contributed by atoms with van der Waals surface area (Å²) in [4.78, 5) is 36.1. The SMILES string of the molecule is C[C@H](OC(=O)c1ccc(NC(=O)OC(C)(C)C)cc1)C(=O)NCc1ccc(F)cc1. The molecule has 2 rings (SSSR count). The van der Waals surface area contributed by atoms with Crippen molar-refractivity contribution in [2.45, 2.75) is 45.9 Å². The zero-order valence-corrected chi connectivity index (χ0v) is 17.3. The van der Waals surface area contributed by atoms with Crippen molar-refractivity contribution in [2.75, 3.05) is 5.32 Å². The van der Waals surface area contributed by atoms with Crippen LogP contribution >= 0.6 is 0 Å². The zero-order valence-electron chi connectivity index (χ0n) is 17.3. The van der Waals surface area contributed by atoms with E-state index in [0.29, 0.717) is 5.69 Å². The molecule has 160 valence electrons. The lowest BCUT2D eigenvalue weighted by atomic mass is 10.2. The van der Waals surface area contributed by atoms with E-state index in [1.807, 2.05) is 0 Å². The quantitative estimate of drug-likeness (QED) is 0.694. The molecule has 0 bridgehead atoms. The maximum Gasteiger partial charge on any atom is 0.412 e. The number of esters is 1. The first kappa shape index (κ1) is 22.9. The minimum Gasteiger partial charge on any atom is -0.449 e. The van der Waals surface area contributed by atoms with E-state index in [1.54, 1.807) is 32.9 Å². The predicted octanol–water partition coefficient (Wildman–Crippen LogP) is 4.03. The van der Waals surface area contributed by atoms with E-state index in [2.05, 4.69) is 10.6 Å². The summed E-state index contributed by atoms with van der Waals surface area (Å²) in [6, 6.07) is 11.7. The molecule has 0 spiro atoms. The van der Waals surface area contributed by atoms with Crippen LogP contribution in [0.4, 0.5) is 14.9 Å². The summed E-state index contributed by atoms with van der Waals surface area (Å²) in [5.41, 5.74) is 0.770. The normalized spacial score (nSPS) is 11.9. The number of hydrogen-bond acceptors (Lipinski definition) is 5. The number of amides is 2. The first-order chi connectivity index (χ1) is 14.0. The molecule has 0 radical (unpaired) electrons. The van der Waals surface area contributed by atoms with Crippen molar-refractivity contribution in [2.24, 2.45) is 0 Å². The third-order valence-corrected chi connectivity index (χ3v) is 3.80. The molecule has 2 N–H and O–H groups in total. The van der Waals surface area contributed by atoms with Gasteiger partial charge in [0.15, 0.2) is 6.10 Å². The number of anilines is 1. The van der Waals surface area contributed by atoms with Gasteiger partial charge in [0, 0.05) is 12.2 Å². The van der Waals surface area contributed by atoms with Crippen LogP contribution in [0.2, 0.25) is 0 Å². The number of rotatable bonds is 6. The number of nitrogens with one attached hydrogen (secondary N) is 2. The van der Waals surface area contributed by atoms with E-state index in [4.69, 9.17) is 9.47 Å². The fourth-order valence-electron chi connectivity index (χ4n) is 2.33. The van der Waals surface area contributed by atoms with E-state index in [1.165, 1.54) is 43.3 Å². The molecule has 0 aliphatic heterocycles. The van der Waals surface area contributed by atoms with Gasteiger partial charge in [0.2, 0.25) is 0 Å². The van der Waals surface area contributed by atoms with Gasteiger partial charge < -0.3 is 14.8 Å². The summed E-state index contributed by atoms with van der Waals surface area (Å²) in [6.45, 7) is 6.90. The van der Waals surface area contributed by atoms with Gasteiger partial charge in [-0.25, -0.2) is 14.0 Å². The van der Waals surface area contributed by atoms with Crippen LogP contribution in [0.15, 0.2) is 48.5 Å². The first-order valence-corrected chi connectivity index (χ1v) is 9.37. The Bertz CT molecular complexity index is 889. The maximum absolute atomic E-state index is 12.9. The summed E-state index contributed by atoms with van der Waals surface area (Å²) in [5.74, 6) is -1.51. The zero-order chi connectivity index (χ0) is 22.3. The molecular formula is C22H25FN2O5. The summed E-state index contributed by atoms with van der Waals surface area (Å²) in [5, 5.41) is 5.18. The average Bonchev–Trinajstić information content (AvgIpc) is 2.66. The Morgan fingerprint density at radius 3 is 2.17 bits per heavy atom. The number of ether oxygens (including phenoxy) is 2. The minimum atomic E-state index is -1.02. The molecule has 0 saturated heterocycles. The van der Waals surface area contributed by atoms with Gasteiger partial charge in [0.25, 0.3) is 5.91 Å². The van der Waals surface area contributed by atoms with Crippen LogP contribution in [-0.2, 0) is 20.8 Å². The van der Waals surface area contributed by atoms with Crippen LogP contribution < -0.4 is 10.6 Å². The summed E-state index contributed by atoms with van der Waals surface area (Å²) < 4.78 is 23.2. The van der Waals surface area contributed by atoms with Crippen molar-refractivity contribution in [1.29, 1.82) is 0 Å². The average molecular weight is 416 g/mol. The van der Waals surface area contributed by atoms with Crippen LogP contribution in [0.3, 0.4) is 0 Å². The maximum atomic E-state index is 12.9. The molecule has 30 heavy (non-hydrogen) atoms. The van der Waals surface area contributed by atoms with Gasteiger partial charge in [-0.3, -0.25) is 10.1 Å². The fraction of sp³-hybridized carbons (Fsp3) is 0.318. The van der Waals surface area contributed by atoms with Crippen LogP contribution in [0.25, 0.3) is 0 Å². The van der Waals surface area contributed by atoms with E-state index < -0.39 is 29.7 Å². The first-order valence-electron chi connectivity index (χ1n) is 9.37. The van der Waals surface area contributed by atoms with Crippen molar-refractivity contribution in [1.82, 2.24) is 5.32 Å². The number of carbonyl (C=O) groups is 3. The Morgan fingerprint density at radius 2 is 1.60 bits per heavy atom. The lowest BCUT2D eigenvalue weighted by Gasteiger charge is -2.19. The van der Waals surface area contributed by atoms with E-state index in [0.717, 1.165) is 5.56 Å². The molecule has 0 unspecified atom stereocenters. The van der Waals surface area contributed by atoms with Gasteiger partial charge in [-0.2, -0.15) is 0 Å². The summed E-state index contributed by atoms with van der Waals surface area (Å²) in [7, 11) is 0. The predicted molar refractivity (Wildman–Crippen MR) is 109 cm³/mol. The highest BCUT2D eigenvalue weighted by Gasteiger charge is 2.19. The molecule has 0 heterocycles. The number of halogens is 1. The number of benzene rings is 2. The molecule has 2 aromatic carbocycles. The molecular weight excluding hydrogens is 391 g/mol. The largest absolute Gasteiger partial charge is 0.449 e. The van der Waals surface area contributed by atoms with Crippen molar-refractivity contribution < 1.29 is 28.2 Å². The van der Waals surface area contributed by atoms with Crippen LogP contribution in [0, 0.1) is 5.82 Å². The highest BCUT2D eigenvalue weighted by molar-refractivity contribution is 5.93. The molecule has 8 heteroatoms. The molecule has 0 fully saturated rings. The Kier molecular flexibility index (Phi) is 7.52. The third kappa shape index (κ3) is 7.54. The summed E-state index contributed by atoms with van der Waals surface area (Å²) >= 11 is 0. The smallest absolute Gasteiger partial charge is 0.412 e. The topological polar surface area (TPSA) is 93.7 Å². The molecule has 2 amide bonds. The van der Waals surface area contributed by atoms with Gasteiger partial charge in [-0.05, 0) is 69.7 Å². The number of hydrogen-bond donors (Lipinski definition) is 2. The van der Waals surface area contributed by atoms with Crippen LogP contribution in [-0.4, -0.2) is 29.7 Å². The van der Waals surface area contributed by atoms with Gasteiger partial charge in [-0.15, -0.1) is 0 Å². The number of carbonyl (C=O) groups excluding carboxylic acids is 3. The highest BCUT2D eigenvalue weighted by atomic mass is 19.1. The van der Waals surface area contributed by atoms with Crippen LogP contribution in [0.1, 0.15) is 43.6 Å². The Labute approximate surface area is 174 Å². The standard InChI is InChI=1S/C22H25FN2O5/c1-14(19(26)24-13-15-5-9-17(23)10-6-15)29-20(27)16-7-11-18(12-8-16)25-21(28)30-22(2,3)4/h5-12,14H,13H2,1-4H3,(H,24,26)(H,25,28)/t14-/m0/s1. The molecule has 7 nitrogen and oxygen atoms in total. The Hall–Kier alpha value is -3.42. The fourth-order valence-corrected chi connectivity index (χ4v) is 2.33. The second kappa shape index (κ2) is 9.87. The lowest BCUT2D eigenvalue weighted by molar-refractivity contribution is -0.129. The highest BCUT2D eigenvalue weighted by Crippen LogP contribution is 2.14. The van der Waals surface area contributed by atoms with Crippen molar-refractivity contribution in [3.05, 3.63) is 65.5 Å². The molecule has 0 saturated carbocycles. The molecule has 0 aromatic heterocycles. The van der Waals surface area contributed by atoms with E-state index in [-0.39, 0.29) is 17.9 Å². The van der Waals surface area contributed by atoms with Crippen LogP contribution in [0.5, 0.6) is 0 Å². The van der Waals surface area contributed by atoms with Crippen molar-refractivity contribution in [3.63, 3.8) is 0 Å². The van der Waals surface area contributed by atoms with E-state index >= 15 is 0 Å². The molecule has 0 aliphatic carbocycles. The third-order valence-electron chi connectivity index (χ3n) is 3.80. The summed E-state index contributed by atoms with van der Waals surface area (Å²) in [6.07, 6.45) is -1.62. The Balaban J connectivity index is 1.84. The molecule has 0 aliphatic rings. The van der Waals surface area contributed by atoms with Gasteiger partial charge in [0.05, 0.1) is 5.56 Å². The van der Waals surface area contributed by atoms with Crippen molar-refractivity contribution in [3.8, 4) is 0 Å². The van der Waals surface area contributed by atoms with E-state index in [9.17, 15) is 18.8 Å². The molecule has 2 aromatic rings. The minimum absolute atomic E-state index is 0.187. The Morgan fingerprint density at radius 1 is 1.00 bits per heavy atom. The second-order valence-electron chi connectivity index (χ2n) is 7.60. The lowest BCUT2D eigenvalue weighted by Crippen LogP contribution is -2.35. The second-order valence-corrected chi connectivity index (χ2v) is 7.60. The van der Waals surface area contributed by atoms with Gasteiger partial charge in [-0.1, -0.05) is 12.1 Å².